The van der Waals surface area contributed by atoms with Gasteiger partial charge in [0.1, 0.15) is 0 Å². The highest BCUT2D eigenvalue weighted by atomic mass is 32.2. The van der Waals surface area contributed by atoms with Crippen molar-refractivity contribution in [2.24, 2.45) is 4.40 Å². The highest BCUT2D eigenvalue weighted by Crippen LogP contribution is 2.26. The Morgan fingerprint density at radius 1 is 1.33 bits per heavy atom. The van der Waals surface area contributed by atoms with Crippen molar-refractivity contribution in [3.8, 4) is 0 Å². The van der Waals surface area contributed by atoms with E-state index in [-0.39, 0.29) is 4.90 Å². The summed E-state index contributed by atoms with van der Waals surface area (Å²) in [7, 11) is -1.73. The lowest BCUT2D eigenvalue weighted by Gasteiger charge is -2.09. The van der Waals surface area contributed by atoms with Crippen molar-refractivity contribution in [2.75, 3.05) is 13.6 Å². The van der Waals surface area contributed by atoms with E-state index in [2.05, 4.69) is 11.3 Å². The van der Waals surface area contributed by atoms with Crippen molar-refractivity contribution in [2.45, 2.75) is 24.0 Å². The number of nitrogens with zero attached hydrogens (tertiary/aromatic N) is 2. The fourth-order valence-electron chi connectivity index (χ4n) is 1.73. The number of rotatable bonds is 2. The topological polar surface area (TPSA) is 49.7 Å². The Balaban J connectivity index is 2.33. The van der Waals surface area contributed by atoms with E-state index in [4.69, 9.17) is 0 Å². The number of amidine groups is 1. The van der Waals surface area contributed by atoms with Gasteiger partial charge in [0.05, 0.1) is 4.90 Å². The Labute approximate surface area is 112 Å². The van der Waals surface area contributed by atoms with Gasteiger partial charge >= 0.3 is 0 Å². The van der Waals surface area contributed by atoms with Crippen LogP contribution in [0, 0.1) is 6.92 Å². The van der Waals surface area contributed by atoms with E-state index in [1.807, 2.05) is 18.9 Å². The Bertz CT molecular complexity index is 564. The Kier molecular flexibility index (Phi) is 3.68. The van der Waals surface area contributed by atoms with Gasteiger partial charge in [0.15, 0.2) is 5.17 Å². The monoisotopic (exact) mass is 284 g/mol. The third-order valence-corrected chi connectivity index (χ3v) is 5.24. The fraction of sp³-hybridized carbons (Fsp3) is 0.417. The maximum atomic E-state index is 12.1. The summed E-state index contributed by atoms with van der Waals surface area (Å²) in [5.41, 5.74) is 1.03. The molecule has 0 bridgehead atoms. The van der Waals surface area contributed by atoms with Gasteiger partial charge in [-0.1, -0.05) is 36.4 Å². The first-order valence-electron chi connectivity index (χ1n) is 5.68. The molecule has 1 atom stereocenters. The highest BCUT2D eigenvalue weighted by molar-refractivity contribution is 8.15. The maximum absolute atomic E-state index is 12.1. The van der Waals surface area contributed by atoms with Gasteiger partial charge in [-0.15, -0.1) is 4.40 Å². The average molecular weight is 284 g/mol. The second kappa shape index (κ2) is 4.93. The second-order valence-corrected chi connectivity index (χ2v) is 7.48. The van der Waals surface area contributed by atoms with Crippen molar-refractivity contribution in [1.82, 2.24) is 4.90 Å². The van der Waals surface area contributed by atoms with Crippen molar-refractivity contribution in [1.29, 1.82) is 0 Å². The van der Waals surface area contributed by atoms with Crippen molar-refractivity contribution in [3.63, 3.8) is 0 Å². The van der Waals surface area contributed by atoms with Crippen molar-refractivity contribution < 1.29 is 8.42 Å². The number of sulfonamides is 1. The lowest BCUT2D eigenvalue weighted by atomic mass is 10.2. The molecule has 0 spiro atoms. The highest BCUT2D eigenvalue weighted by Gasteiger charge is 2.25. The Morgan fingerprint density at radius 3 is 2.44 bits per heavy atom. The van der Waals surface area contributed by atoms with E-state index in [0.29, 0.717) is 10.4 Å². The van der Waals surface area contributed by atoms with Gasteiger partial charge in [-0.05, 0) is 19.1 Å². The summed E-state index contributed by atoms with van der Waals surface area (Å²) < 4.78 is 28.2. The van der Waals surface area contributed by atoms with E-state index >= 15 is 0 Å². The van der Waals surface area contributed by atoms with Crippen LogP contribution in [0.25, 0.3) is 0 Å². The van der Waals surface area contributed by atoms with Crippen LogP contribution in [-0.2, 0) is 10.0 Å². The maximum Gasteiger partial charge on any atom is 0.284 e. The lowest BCUT2D eigenvalue weighted by Crippen LogP contribution is -2.20. The Hall–Kier alpha value is -1.01. The summed E-state index contributed by atoms with van der Waals surface area (Å²) in [4.78, 5) is 2.12. The molecule has 0 radical (unpaired) electrons. The minimum Gasteiger partial charge on any atom is -0.353 e. The van der Waals surface area contributed by atoms with Crippen LogP contribution in [0.5, 0.6) is 0 Å². The van der Waals surface area contributed by atoms with Crippen LogP contribution in [0.2, 0.25) is 0 Å². The third kappa shape index (κ3) is 2.87. The van der Waals surface area contributed by atoms with Crippen LogP contribution in [0.3, 0.4) is 0 Å². The molecule has 1 heterocycles. The number of benzene rings is 1. The van der Waals surface area contributed by atoms with Crippen LogP contribution in [0.1, 0.15) is 12.5 Å². The van der Waals surface area contributed by atoms with Gasteiger partial charge in [-0.3, -0.25) is 0 Å². The van der Waals surface area contributed by atoms with Gasteiger partial charge in [0.25, 0.3) is 10.0 Å². The average Bonchev–Trinajstić information content (AvgIpc) is 2.57. The molecule has 1 unspecified atom stereocenters. The van der Waals surface area contributed by atoms with Crippen LogP contribution in [0.15, 0.2) is 33.6 Å². The molecule has 18 heavy (non-hydrogen) atoms. The summed E-state index contributed by atoms with van der Waals surface area (Å²) in [5, 5.41) is 0.949. The molecule has 0 saturated carbocycles. The molecular weight excluding hydrogens is 268 g/mol. The molecule has 1 aliphatic heterocycles. The molecule has 1 fully saturated rings. The quantitative estimate of drug-likeness (QED) is 0.834. The first-order chi connectivity index (χ1) is 8.38. The molecule has 1 aromatic rings. The van der Waals surface area contributed by atoms with E-state index < -0.39 is 10.0 Å². The molecule has 0 amide bonds. The molecule has 1 aliphatic rings. The summed E-state index contributed by atoms with van der Waals surface area (Å²) >= 11 is 1.50. The molecule has 0 aromatic heterocycles. The van der Waals surface area contributed by atoms with Gasteiger partial charge in [-0.25, -0.2) is 0 Å². The minimum absolute atomic E-state index is 0.245. The standard InChI is InChI=1S/C12H16N2O2S2/c1-9-4-6-11(7-5-9)18(15,16)13-12-14(3)8-10(2)17-12/h4-7,10H,8H2,1-3H3/b13-12+. The zero-order valence-corrected chi connectivity index (χ0v) is 12.3. The first kappa shape index (κ1) is 13.4. The fourth-order valence-corrected chi connectivity index (χ4v) is 4.04. The molecule has 2 rings (SSSR count). The summed E-state index contributed by atoms with van der Waals surface area (Å²) in [6, 6.07) is 6.75. The lowest BCUT2D eigenvalue weighted by molar-refractivity contribution is 0.532. The van der Waals surface area contributed by atoms with E-state index in [0.717, 1.165) is 12.1 Å². The third-order valence-electron chi connectivity index (χ3n) is 2.68. The van der Waals surface area contributed by atoms with Gasteiger partial charge < -0.3 is 4.90 Å². The smallest absolute Gasteiger partial charge is 0.284 e. The number of hydrogen-bond acceptors (Lipinski definition) is 3. The summed E-state index contributed by atoms with van der Waals surface area (Å²) in [6.07, 6.45) is 0. The van der Waals surface area contributed by atoms with Crippen molar-refractivity contribution >= 4 is 27.0 Å². The van der Waals surface area contributed by atoms with Crippen LogP contribution in [0.4, 0.5) is 0 Å². The van der Waals surface area contributed by atoms with Crippen molar-refractivity contribution in [3.05, 3.63) is 29.8 Å². The SMILES string of the molecule is Cc1ccc(S(=O)(=O)/N=C2/SC(C)CN2C)cc1. The van der Waals surface area contributed by atoms with Crippen LogP contribution >= 0.6 is 11.8 Å². The molecule has 0 aliphatic carbocycles. The van der Waals surface area contributed by atoms with Crippen LogP contribution in [-0.4, -0.2) is 37.3 Å². The molecule has 6 heteroatoms. The summed E-state index contributed by atoms with van der Waals surface area (Å²) in [6.45, 7) is 4.81. The Morgan fingerprint density at radius 2 is 1.94 bits per heavy atom. The molecule has 0 N–H and O–H groups in total. The molecule has 1 aromatic carbocycles. The number of hydrogen-bond donors (Lipinski definition) is 0. The first-order valence-corrected chi connectivity index (χ1v) is 8.00. The zero-order valence-electron chi connectivity index (χ0n) is 10.6. The van der Waals surface area contributed by atoms with E-state index in [1.54, 1.807) is 24.3 Å². The van der Waals surface area contributed by atoms with E-state index in [1.165, 1.54) is 11.8 Å². The van der Waals surface area contributed by atoms with Gasteiger partial charge in [-0.2, -0.15) is 8.42 Å². The number of aryl methyl sites for hydroxylation is 1. The van der Waals surface area contributed by atoms with Gasteiger partial charge in [0, 0.05) is 18.8 Å². The minimum atomic E-state index is -3.59. The van der Waals surface area contributed by atoms with Crippen LogP contribution < -0.4 is 0 Å². The largest absolute Gasteiger partial charge is 0.353 e. The predicted molar refractivity (Wildman–Crippen MR) is 75.5 cm³/mol. The number of thioether (sulfide) groups is 1. The molecule has 4 nitrogen and oxygen atoms in total. The molecule has 98 valence electrons. The van der Waals surface area contributed by atoms with E-state index in [9.17, 15) is 8.42 Å². The predicted octanol–water partition coefficient (Wildman–Crippen LogP) is 2.11. The molecule has 1 saturated heterocycles. The summed E-state index contributed by atoms with van der Waals surface area (Å²) in [5.74, 6) is 0. The normalized spacial score (nSPS) is 22.7. The second-order valence-electron chi connectivity index (χ2n) is 4.47. The zero-order chi connectivity index (χ0) is 13.3. The molecular formula is C12H16N2O2S2. The van der Waals surface area contributed by atoms with Gasteiger partial charge in [0.2, 0.25) is 0 Å².